The van der Waals surface area contributed by atoms with E-state index < -0.39 is 30.3 Å². The lowest BCUT2D eigenvalue weighted by molar-refractivity contribution is -0.164. The fraction of sp³-hybridized carbons (Fsp3) is 0.333. The van der Waals surface area contributed by atoms with Crippen molar-refractivity contribution in [2.75, 3.05) is 6.54 Å². The van der Waals surface area contributed by atoms with E-state index in [4.69, 9.17) is 26.2 Å². The maximum Gasteiger partial charge on any atom is 0.349 e. The first kappa shape index (κ1) is 21.9. The number of carboxylic acids is 2. The molecule has 9 heteroatoms. The zero-order valence-electron chi connectivity index (χ0n) is 16.1. The summed E-state index contributed by atoms with van der Waals surface area (Å²) in [5.41, 5.74) is 1.56. The Morgan fingerprint density at radius 1 is 1.07 bits per heavy atom. The Labute approximate surface area is 178 Å². The molecule has 0 bridgehead atoms. The first-order valence-corrected chi connectivity index (χ1v) is 9.71. The molecular formula is C21H22ClNO7. The molecule has 4 N–H and O–H groups in total. The lowest BCUT2D eigenvalue weighted by atomic mass is 10.0. The second kappa shape index (κ2) is 9.34. The van der Waals surface area contributed by atoms with Crippen molar-refractivity contribution in [2.24, 2.45) is 0 Å². The molecule has 1 aliphatic heterocycles. The number of rotatable bonds is 8. The van der Waals surface area contributed by atoms with E-state index in [1.165, 1.54) is 0 Å². The highest BCUT2D eigenvalue weighted by atomic mass is 35.5. The maximum absolute atomic E-state index is 11.3. The van der Waals surface area contributed by atoms with Crippen molar-refractivity contribution >= 4 is 23.5 Å². The third-order valence-electron chi connectivity index (χ3n) is 4.71. The molecule has 2 aromatic rings. The Balaban J connectivity index is 1.62. The topological polar surface area (TPSA) is 125 Å². The number of aliphatic carboxylic acids is 2. The van der Waals surface area contributed by atoms with Gasteiger partial charge in [0.15, 0.2) is 11.5 Å². The van der Waals surface area contributed by atoms with Gasteiger partial charge < -0.3 is 30.1 Å². The van der Waals surface area contributed by atoms with E-state index in [9.17, 15) is 19.8 Å². The molecule has 8 nitrogen and oxygen atoms in total. The van der Waals surface area contributed by atoms with Crippen molar-refractivity contribution in [1.29, 1.82) is 0 Å². The van der Waals surface area contributed by atoms with Crippen LogP contribution in [0.2, 0.25) is 5.02 Å². The van der Waals surface area contributed by atoms with Crippen LogP contribution in [0.5, 0.6) is 11.5 Å². The van der Waals surface area contributed by atoms with Crippen molar-refractivity contribution in [3.8, 4) is 11.5 Å². The molecule has 0 radical (unpaired) electrons. The number of hydrogen-bond acceptors (Lipinski definition) is 6. The van der Waals surface area contributed by atoms with E-state index in [-0.39, 0.29) is 17.5 Å². The molecule has 0 fully saturated rings. The minimum Gasteiger partial charge on any atom is -0.478 e. The zero-order chi connectivity index (χ0) is 21.8. The Morgan fingerprint density at radius 3 is 2.37 bits per heavy atom. The van der Waals surface area contributed by atoms with E-state index in [0.29, 0.717) is 23.6 Å². The van der Waals surface area contributed by atoms with E-state index in [0.717, 1.165) is 5.56 Å². The molecule has 2 unspecified atom stereocenters. The number of aliphatic hydroxyl groups excluding tert-OH is 1. The van der Waals surface area contributed by atoms with Crippen LogP contribution < -0.4 is 14.8 Å². The number of benzene rings is 2. The minimum atomic E-state index is -1.63. The van der Waals surface area contributed by atoms with Crippen molar-refractivity contribution in [2.45, 2.75) is 37.7 Å². The molecule has 1 heterocycles. The van der Waals surface area contributed by atoms with Gasteiger partial charge in [0.05, 0.1) is 6.10 Å². The molecule has 3 rings (SSSR count). The van der Waals surface area contributed by atoms with Gasteiger partial charge in [0.2, 0.25) is 12.2 Å². The number of aliphatic hydroxyl groups is 1. The van der Waals surface area contributed by atoms with Crippen LogP contribution in [0.15, 0.2) is 42.5 Å². The van der Waals surface area contributed by atoms with E-state index in [1.807, 2.05) is 6.92 Å². The Hall–Kier alpha value is -2.81. The van der Waals surface area contributed by atoms with Crippen LogP contribution in [0.25, 0.3) is 0 Å². The molecule has 0 spiro atoms. The molecule has 4 atom stereocenters. The summed E-state index contributed by atoms with van der Waals surface area (Å²) in [6.07, 6.45) is -3.39. The third kappa shape index (κ3) is 5.21. The van der Waals surface area contributed by atoms with Crippen LogP contribution in [0.1, 0.15) is 24.2 Å². The van der Waals surface area contributed by atoms with Gasteiger partial charge in [-0.2, -0.15) is 0 Å². The average Bonchev–Trinajstić information content (AvgIpc) is 2.70. The van der Waals surface area contributed by atoms with Crippen LogP contribution in [0.4, 0.5) is 0 Å². The zero-order valence-corrected chi connectivity index (χ0v) is 16.9. The van der Waals surface area contributed by atoms with Gasteiger partial charge in [-0.3, -0.25) is 0 Å². The molecule has 0 amide bonds. The fourth-order valence-electron chi connectivity index (χ4n) is 3.20. The minimum absolute atomic E-state index is 0.0107. The van der Waals surface area contributed by atoms with Crippen molar-refractivity contribution in [3.63, 3.8) is 0 Å². The first-order chi connectivity index (χ1) is 14.2. The maximum atomic E-state index is 11.3. The monoisotopic (exact) mass is 435 g/mol. The molecule has 0 aromatic heterocycles. The van der Waals surface area contributed by atoms with Gasteiger partial charge in [-0.1, -0.05) is 29.8 Å². The van der Waals surface area contributed by atoms with Gasteiger partial charge in [-0.15, -0.1) is 0 Å². The third-order valence-corrected chi connectivity index (χ3v) is 4.95. The number of carbonyl (C=O) groups is 2. The molecular weight excluding hydrogens is 414 g/mol. The summed E-state index contributed by atoms with van der Waals surface area (Å²) in [5, 5.41) is 32.5. The first-order valence-electron chi connectivity index (χ1n) is 9.33. The smallest absolute Gasteiger partial charge is 0.349 e. The van der Waals surface area contributed by atoms with Gasteiger partial charge in [-0.05, 0) is 48.7 Å². The van der Waals surface area contributed by atoms with Crippen molar-refractivity contribution in [1.82, 2.24) is 5.32 Å². The van der Waals surface area contributed by atoms with Crippen LogP contribution in [-0.2, 0) is 16.0 Å². The summed E-state index contributed by atoms with van der Waals surface area (Å²) < 4.78 is 10.7. The highest BCUT2D eigenvalue weighted by molar-refractivity contribution is 6.30. The number of carboxylic acid groups (broad SMARTS) is 2. The lowest BCUT2D eigenvalue weighted by Crippen LogP contribution is -2.49. The summed E-state index contributed by atoms with van der Waals surface area (Å²) in [4.78, 5) is 22.6. The lowest BCUT2D eigenvalue weighted by Gasteiger charge is -2.29. The molecule has 2 aromatic carbocycles. The molecule has 0 aliphatic carbocycles. The van der Waals surface area contributed by atoms with Crippen molar-refractivity contribution < 1.29 is 34.4 Å². The normalized spacial score (nSPS) is 19.7. The molecule has 0 saturated carbocycles. The molecule has 1 aliphatic rings. The number of hydrogen-bond donors (Lipinski definition) is 4. The second-order valence-electron chi connectivity index (χ2n) is 7.12. The molecule has 0 saturated heterocycles. The number of halogens is 1. The second-order valence-corrected chi connectivity index (χ2v) is 7.56. The Morgan fingerprint density at radius 2 is 1.73 bits per heavy atom. The largest absolute Gasteiger partial charge is 0.478 e. The van der Waals surface area contributed by atoms with Crippen LogP contribution in [0, 0.1) is 0 Å². The van der Waals surface area contributed by atoms with Crippen LogP contribution >= 0.6 is 11.6 Å². The number of fused-ring (bicyclic) bond motifs is 1. The fourth-order valence-corrected chi connectivity index (χ4v) is 3.39. The molecule has 160 valence electrons. The average molecular weight is 436 g/mol. The van der Waals surface area contributed by atoms with Gasteiger partial charge in [0, 0.05) is 17.6 Å². The van der Waals surface area contributed by atoms with Gasteiger partial charge in [0.25, 0.3) is 0 Å². The van der Waals surface area contributed by atoms with Crippen LogP contribution in [0.3, 0.4) is 0 Å². The summed E-state index contributed by atoms with van der Waals surface area (Å²) in [7, 11) is 0. The van der Waals surface area contributed by atoms with Gasteiger partial charge in [-0.25, -0.2) is 9.59 Å². The summed E-state index contributed by atoms with van der Waals surface area (Å²) in [6.45, 7) is 2.27. The standard InChI is InChI=1S/C21H22ClNO7/c1-11(23-10-15(24)13-3-2-4-14(22)9-13)7-12-5-6-16-17(8-12)30-19(21(27)28)18(29-16)20(25)26/h2-6,8-9,11,15,18-19,23-24H,7,10H2,1H3,(H,25,26)(H,27,28)/t11-,15+,18?,19?/m1/s1. The predicted octanol–water partition coefficient (Wildman–Crippen LogP) is 2.27. The predicted molar refractivity (Wildman–Crippen MR) is 108 cm³/mol. The Kier molecular flexibility index (Phi) is 6.81. The van der Waals surface area contributed by atoms with Gasteiger partial charge in [0.1, 0.15) is 0 Å². The quantitative estimate of drug-likeness (QED) is 0.497. The summed E-state index contributed by atoms with van der Waals surface area (Å²) in [6, 6.07) is 12.0. The van der Waals surface area contributed by atoms with Gasteiger partial charge >= 0.3 is 11.9 Å². The summed E-state index contributed by atoms with van der Waals surface area (Å²) in [5.74, 6) is -2.46. The summed E-state index contributed by atoms with van der Waals surface area (Å²) >= 11 is 5.95. The highest BCUT2D eigenvalue weighted by Crippen LogP contribution is 2.35. The molecule has 30 heavy (non-hydrogen) atoms. The van der Waals surface area contributed by atoms with Crippen molar-refractivity contribution in [3.05, 3.63) is 58.6 Å². The van der Waals surface area contributed by atoms with Crippen LogP contribution in [-0.4, -0.2) is 52.1 Å². The van der Waals surface area contributed by atoms with E-state index in [2.05, 4.69) is 5.32 Å². The van der Waals surface area contributed by atoms with E-state index >= 15 is 0 Å². The highest BCUT2D eigenvalue weighted by Gasteiger charge is 2.42. The Bertz CT molecular complexity index is 935. The van der Waals surface area contributed by atoms with E-state index in [1.54, 1.807) is 42.5 Å². The SMILES string of the molecule is C[C@H](Cc1ccc2c(c1)OC(C(=O)O)C(C(=O)O)O2)NC[C@H](O)c1cccc(Cl)c1. The number of nitrogens with one attached hydrogen (secondary N) is 1. The number of ether oxygens (including phenoxy) is 2.